The fourth-order valence-corrected chi connectivity index (χ4v) is 6.41. The lowest BCUT2D eigenvalue weighted by atomic mass is 9.77. The van der Waals surface area contributed by atoms with Crippen LogP contribution in [0.25, 0.3) is 16.3 Å². The van der Waals surface area contributed by atoms with Crippen LogP contribution in [-0.2, 0) is 16.0 Å². The second-order valence-electron chi connectivity index (χ2n) is 12.0. The van der Waals surface area contributed by atoms with Crippen molar-refractivity contribution in [1.82, 2.24) is 0 Å². The van der Waals surface area contributed by atoms with E-state index in [0.717, 1.165) is 12.1 Å². The van der Waals surface area contributed by atoms with Gasteiger partial charge in [0.1, 0.15) is 0 Å². The first-order chi connectivity index (χ1) is 26.3. The van der Waals surface area contributed by atoms with Gasteiger partial charge in [-0.05, 0) is 88.6 Å². The maximum Gasteiger partial charge on any atom is 0.336 e. The largest absolute Gasteiger partial charge is 0.478 e. The molecule has 1 aliphatic carbocycles. The van der Waals surface area contributed by atoms with Crippen LogP contribution in [0.1, 0.15) is 69.2 Å². The molecule has 266 valence electrons. The van der Waals surface area contributed by atoms with Gasteiger partial charge >= 0.3 is 17.9 Å². The predicted molar refractivity (Wildman–Crippen MR) is 204 cm³/mol. The molecule has 0 aromatic heterocycles. The fraction of sp³-hybridized carbons (Fsp3) is 0.0233. The number of nitrogens with one attached hydrogen (secondary N) is 3. The molecule has 0 atom stereocenters. The van der Waals surface area contributed by atoms with Crippen molar-refractivity contribution in [3.8, 4) is 37.0 Å². The van der Waals surface area contributed by atoms with E-state index in [9.17, 15) is 44.1 Å². The Hall–Kier alpha value is -8.40. The van der Waals surface area contributed by atoms with Crippen molar-refractivity contribution in [1.29, 1.82) is 0 Å². The molecule has 0 unspecified atom stereocenters. The van der Waals surface area contributed by atoms with Crippen molar-refractivity contribution < 1.29 is 44.1 Å². The first kappa shape index (κ1) is 36.4. The van der Waals surface area contributed by atoms with Crippen LogP contribution in [0.3, 0.4) is 0 Å². The zero-order chi connectivity index (χ0) is 39.6. The summed E-state index contributed by atoms with van der Waals surface area (Å²) < 4.78 is 0. The number of carbonyl (C=O) groups is 6. The summed E-state index contributed by atoms with van der Waals surface area (Å²) in [5.74, 6) is -0.663. The number of anilines is 3. The van der Waals surface area contributed by atoms with Gasteiger partial charge in [0.05, 0.1) is 27.8 Å². The van der Waals surface area contributed by atoms with E-state index in [2.05, 4.69) is 33.7 Å². The first-order valence-electron chi connectivity index (χ1n) is 16.1. The number of amides is 3. The van der Waals surface area contributed by atoms with Crippen molar-refractivity contribution in [2.45, 2.75) is 6.42 Å². The Morgan fingerprint density at radius 3 is 1.49 bits per heavy atom. The van der Waals surface area contributed by atoms with Gasteiger partial charge in [-0.15, -0.1) is 19.3 Å². The minimum atomic E-state index is -1.67. The van der Waals surface area contributed by atoms with Gasteiger partial charge in [-0.25, -0.2) is 14.4 Å². The lowest BCUT2D eigenvalue weighted by molar-refractivity contribution is -0.130. The van der Waals surface area contributed by atoms with E-state index >= 15 is 0 Å². The van der Waals surface area contributed by atoms with Crippen LogP contribution < -0.4 is 16.0 Å². The van der Waals surface area contributed by atoms with Crippen molar-refractivity contribution in [2.24, 2.45) is 0 Å². The van der Waals surface area contributed by atoms with Gasteiger partial charge in [0.2, 0.25) is 0 Å². The van der Waals surface area contributed by atoms with Gasteiger partial charge in [-0.2, -0.15) is 0 Å². The van der Waals surface area contributed by atoms with Crippen molar-refractivity contribution in [2.75, 3.05) is 16.0 Å². The molecule has 0 radical (unpaired) electrons. The predicted octanol–water partition coefficient (Wildman–Crippen LogP) is 5.72. The van der Waals surface area contributed by atoms with Gasteiger partial charge in [0.15, 0.2) is 0 Å². The summed E-state index contributed by atoms with van der Waals surface area (Å²) in [4.78, 5) is 81.2. The number of hydrogen-bond acceptors (Lipinski definition) is 6. The summed E-state index contributed by atoms with van der Waals surface area (Å²) in [7, 11) is 0. The first-order valence-corrected chi connectivity index (χ1v) is 16.1. The molecular formula is C43H25N3O9. The highest BCUT2D eigenvalue weighted by molar-refractivity contribution is 6.32. The Kier molecular flexibility index (Phi) is 9.72. The molecular weight excluding hydrogens is 702 g/mol. The van der Waals surface area contributed by atoms with Gasteiger partial charge in [-0.1, -0.05) is 36.0 Å². The molecule has 0 saturated carbocycles. The third kappa shape index (κ3) is 6.96. The van der Waals surface area contributed by atoms with Crippen LogP contribution in [0.4, 0.5) is 17.1 Å². The van der Waals surface area contributed by atoms with E-state index < -0.39 is 75.5 Å². The topological polar surface area (TPSA) is 199 Å². The van der Waals surface area contributed by atoms with E-state index in [1.807, 2.05) is 0 Å². The Balaban J connectivity index is 1.66. The Morgan fingerprint density at radius 2 is 1.04 bits per heavy atom. The van der Waals surface area contributed by atoms with Crippen LogP contribution in [0, 0.1) is 37.0 Å². The maximum absolute atomic E-state index is 14.1. The number of terminal acetylenes is 3. The number of carboxylic acids is 3. The quantitative estimate of drug-likeness (QED) is 0.103. The standard InChI is InChI=1S/C43H25N3O9/c1-4-22-10-7-13-25(16-22)44-38(47)31-19-28-34-29(36(31)42(52)53)20-32(39(48)45-26-14-8-11-23(5-2)17-26)37(43(54)55)30(34)21-33(41(50)51)35(28)40(49)46-27-15-9-12-24(6-3)18-27/h1-3,7-19,21H,20H2,(H,44,47)(H,45,48)(H,46,49)(H,50,51)(H,52,53)(H,54,55). The number of aromatic carboxylic acids is 2. The summed E-state index contributed by atoms with van der Waals surface area (Å²) in [6, 6.07) is 20.2. The molecule has 12 heteroatoms. The van der Waals surface area contributed by atoms with Crippen LogP contribution >= 0.6 is 0 Å². The lowest BCUT2D eigenvalue weighted by Gasteiger charge is -2.26. The molecule has 0 saturated heterocycles. The second-order valence-corrected chi connectivity index (χ2v) is 12.0. The molecule has 6 N–H and O–H groups in total. The number of rotatable bonds is 9. The molecule has 0 bridgehead atoms. The lowest BCUT2D eigenvalue weighted by Crippen LogP contribution is -2.27. The average Bonchev–Trinajstić information content (AvgIpc) is 3.16. The smallest absolute Gasteiger partial charge is 0.336 e. The Labute approximate surface area is 312 Å². The van der Waals surface area contributed by atoms with Gasteiger partial charge < -0.3 is 31.3 Å². The van der Waals surface area contributed by atoms with E-state index in [-0.39, 0.29) is 39.0 Å². The van der Waals surface area contributed by atoms with Crippen LogP contribution in [0.15, 0.2) is 90.5 Å². The number of hydrogen-bond donors (Lipinski definition) is 6. The van der Waals surface area contributed by atoms with Crippen molar-refractivity contribution >= 4 is 69.0 Å². The van der Waals surface area contributed by atoms with Gasteiger partial charge in [-0.3, -0.25) is 14.4 Å². The third-order valence-corrected chi connectivity index (χ3v) is 8.72. The van der Waals surface area contributed by atoms with E-state index in [1.54, 1.807) is 36.4 Å². The van der Waals surface area contributed by atoms with Gasteiger partial charge in [0.25, 0.3) is 17.7 Å². The number of carbonyl (C=O) groups excluding carboxylic acids is 3. The SMILES string of the molecule is C#Cc1cccc(NC(=O)C2=C(C(=O)O)c3cc(C(=O)O)c(C(=O)Nc4cccc(C#C)c4)c4cc(C(=O)Nc5cccc(C#C)c5)c(C(=O)O)c(c34)C2)c1. The fourth-order valence-electron chi connectivity index (χ4n) is 6.41. The highest BCUT2D eigenvalue weighted by Crippen LogP contribution is 2.43. The molecule has 0 aliphatic heterocycles. The minimum absolute atomic E-state index is 0.168. The van der Waals surface area contributed by atoms with Gasteiger partial charge in [0, 0.05) is 45.7 Å². The molecule has 1 aliphatic rings. The summed E-state index contributed by atoms with van der Waals surface area (Å²) in [5.41, 5.74) is -2.40. The Bertz CT molecular complexity index is 2740. The van der Waals surface area contributed by atoms with E-state index in [1.165, 1.54) is 36.4 Å². The molecule has 5 aromatic carbocycles. The van der Waals surface area contributed by atoms with Crippen molar-refractivity contribution in [3.05, 3.63) is 141 Å². The molecule has 3 amide bonds. The number of aliphatic carboxylic acids is 1. The van der Waals surface area contributed by atoms with Crippen molar-refractivity contribution in [3.63, 3.8) is 0 Å². The third-order valence-electron chi connectivity index (χ3n) is 8.72. The molecule has 55 heavy (non-hydrogen) atoms. The number of carboxylic acid groups (broad SMARTS) is 3. The summed E-state index contributed by atoms with van der Waals surface area (Å²) >= 11 is 0. The maximum atomic E-state index is 14.1. The van der Waals surface area contributed by atoms with E-state index in [0.29, 0.717) is 16.7 Å². The van der Waals surface area contributed by atoms with E-state index in [4.69, 9.17) is 19.3 Å². The molecule has 0 heterocycles. The Morgan fingerprint density at radius 1 is 0.545 bits per heavy atom. The minimum Gasteiger partial charge on any atom is -0.478 e. The molecule has 12 nitrogen and oxygen atoms in total. The molecule has 0 fully saturated rings. The zero-order valence-electron chi connectivity index (χ0n) is 28.3. The molecule has 0 spiro atoms. The normalized spacial score (nSPS) is 11.4. The monoisotopic (exact) mass is 727 g/mol. The zero-order valence-corrected chi connectivity index (χ0v) is 28.3. The van der Waals surface area contributed by atoms with Crippen LogP contribution in [0.5, 0.6) is 0 Å². The molecule has 5 aromatic rings. The highest BCUT2D eigenvalue weighted by Gasteiger charge is 2.37. The number of benzene rings is 5. The summed E-state index contributed by atoms with van der Waals surface area (Å²) in [5, 5.41) is 39.0. The van der Waals surface area contributed by atoms with Crippen LogP contribution in [-0.4, -0.2) is 50.9 Å². The molecule has 6 rings (SSSR count). The van der Waals surface area contributed by atoms with Crippen LogP contribution in [0.2, 0.25) is 0 Å². The average molecular weight is 728 g/mol. The highest BCUT2D eigenvalue weighted by atomic mass is 16.4. The summed E-state index contributed by atoms with van der Waals surface area (Å²) in [6.45, 7) is 0. The summed E-state index contributed by atoms with van der Waals surface area (Å²) in [6.07, 6.45) is 15.8. The second kappa shape index (κ2) is 14.7.